The lowest BCUT2D eigenvalue weighted by atomic mass is 10.1. The van der Waals surface area contributed by atoms with Crippen LogP contribution in [0.15, 0.2) is 12.7 Å². The van der Waals surface area contributed by atoms with Crippen molar-refractivity contribution < 1.29 is 13.2 Å². The molecule has 1 atom stereocenters. The van der Waals surface area contributed by atoms with E-state index in [-0.39, 0.29) is 0 Å². The van der Waals surface area contributed by atoms with Crippen LogP contribution in [-0.2, 0) is 0 Å². The fourth-order valence-corrected chi connectivity index (χ4v) is 1.01. The standard InChI is InChI=1S/C8H14F3N/c1-3-5-7(12-4-2)6-8(9,10)11/h3,7,12H,1,4-6H2,2H3. The largest absolute Gasteiger partial charge is 0.390 e. The topological polar surface area (TPSA) is 12.0 Å². The van der Waals surface area contributed by atoms with Crippen LogP contribution in [0.2, 0.25) is 0 Å². The first-order valence-electron chi connectivity index (χ1n) is 3.90. The maximum absolute atomic E-state index is 11.9. The Morgan fingerprint density at radius 3 is 2.42 bits per heavy atom. The number of hydrogen-bond acceptors (Lipinski definition) is 1. The van der Waals surface area contributed by atoms with Crippen molar-refractivity contribution >= 4 is 0 Å². The molecule has 0 amide bonds. The highest BCUT2D eigenvalue weighted by molar-refractivity contribution is 4.79. The highest BCUT2D eigenvalue weighted by Gasteiger charge is 2.30. The number of rotatable bonds is 5. The van der Waals surface area contributed by atoms with Crippen molar-refractivity contribution in [3.05, 3.63) is 12.7 Å². The molecule has 72 valence electrons. The fraction of sp³-hybridized carbons (Fsp3) is 0.750. The van der Waals surface area contributed by atoms with Gasteiger partial charge in [0, 0.05) is 6.04 Å². The van der Waals surface area contributed by atoms with Crippen molar-refractivity contribution in [2.75, 3.05) is 6.54 Å². The van der Waals surface area contributed by atoms with Gasteiger partial charge < -0.3 is 5.32 Å². The first-order chi connectivity index (χ1) is 5.49. The highest BCUT2D eigenvalue weighted by Crippen LogP contribution is 2.22. The molecule has 0 bridgehead atoms. The zero-order valence-electron chi connectivity index (χ0n) is 7.12. The molecule has 12 heavy (non-hydrogen) atoms. The summed E-state index contributed by atoms with van der Waals surface area (Å²) in [7, 11) is 0. The Hall–Kier alpha value is -0.510. The van der Waals surface area contributed by atoms with Gasteiger partial charge in [0.15, 0.2) is 0 Å². The summed E-state index contributed by atoms with van der Waals surface area (Å²) in [6.45, 7) is 5.74. The summed E-state index contributed by atoms with van der Waals surface area (Å²) in [5.74, 6) is 0. The minimum atomic E-state index is -4.09. The minimum Gasteiger partial charge on any atom is -0.314 e. The van der Waals surface area contributed by atoms with Gasteiger partial charge in [-0.05, 0) is 13.0 Å². The summed E-state index contributed by atoms with van der Waals surface area (Å²) in [6, 6.07) is -0.521. The van der Waals surface area contributed by atoms with Crippen molar-refractivity contribution in [3.8, 4) is 0 Å². The first-order valence-corrected chi connectivity index (χ1v) is 3.90. The lowest BCUT2D eigenvalue weighted by Crippen LogP contribution is -2.33. The molecular formula is C8H14F3N. The Balaban J connectivity index is 3.85. The van der Waals surface area contributed by atoms with E-state index in [0.29, 0.717) is 13.0 Å². The summed E-state index contributed by atoms with van der Waals surface area (Å²) in [5, 5.41) is 2.75. The first kappa shape index (κ1) is 11.5. The average molecular weight is 181 g/mol. The van der Waals surface area contributed by atoms with Crippen LogP contribution in [0.4, 0.5) is 13.2 Å². The maximum atomic E-state index is 11.9. The van der Waals surface area contributed by atoms with Gasteiger partial charge in [-0.3, -0.25) is 0 Å². The summed E-state index contributed by atoms with van der Waals surface area (Å²) in [5.41, 5.74) is 0. The van der Waals surface area contributed by atoms with E-state index < -0.39 is 18.6 Å². The number of nitrogens with one attached hydrogen (secondary N) is 1. The van der Waals surface area contributed by atoms with E-state index in [1.807, 2.05) is 0 Å². The van der Waals surface area contributed by atoms with Gasteiger partial charge in [0.1, 0.15) is 0 Å². The van der Waals surface area contributed by atoms with Crippen molar-refractivity contribution in [2.45, 2.75) is 32.0 Å². The van der Waals surface area contributed by atoms with Crippen molar-refractivity contribution in [1.82, 2.24) is 5.32 Å². The van der Waals surface area contributed by atoms with Gasteiger partial charge >= 0.3 is 6.18 Å². The second-order valence-corrected chi connectivity index (χ2v) is 2.60. The average Bonchev–Trinajstić information content (AvgIpc) is 1.84. The maximum Gasteiger partial charge on any atom is 0.390 e. The second-order valence-electron chi connectivity index (χ2n) is 2.60. The third-order valence-electron chi connectivity index (χ3n) is 1.42. The van der Waals surface area contributed by atoms with Gasteiger partial charge in [-0.2, -0.15) is 13.2 Å². The van der Waals surface area contributed by atoms with Crippen molar-refractivity contribution in [3.63, 3.8) is 0 Å². The molecule has 4 heteroatoms. The predicted octanol–water partition coefficient (Wildman–Crippen LogP) is 2.49. The molecule has 0 aromatic heterocycles. The van der Waals surface area contributed by atoms with Crippen LogP contribution in [0.5, 0.6) is 0 Å². The highest BCUT2D eigenvalue weighted by atomic mass is 19.4. The van der Waals surface area contributed by atoms with Gasteiger partial charge in [0.25, 0.3) is 0 Å². The summed E-state index contributed by atoms with van der Waals surface area (Å²) >= 11 is 0. The molecule has 0 aromatic carbocycles. The van der Waals surface area contributed by atoms with E-state index in [2.05, 4.69) is 11.9 Å². The van der Waals surface area contributed by atoms with Crippen LogP contribution in [-0.4, -0.2) is 18.8 Å². The van der Waals surface area contributed by atoms with Gasteiger partial charge in [-0.25, -0.2) is 0 Å². The molecule has 1 N–H and O–H groups in total. The Labute approximate surface area is 70.7 Å². The Bertz CT molecular complexity index is 131. The van der Waals surface area contributed by atoms with Crippen molar-refractivity contribution in [2.24, 2.45) is 0 Å². The lowest BCUT2D eigenvalue weighted by molar-refractivity contribution is -0.139. The molecule has 0 fully saturated rings. The number of hydrogen-bond donors (Lipinski definition) is 1. The Kier molecular flexibility index (Phi) is 4.97. The molecule has 0 saturated carbocycles. The summed E-state index contributed by atoms with van der Waals surface area (Å²) in [6.07, 6.45) is -3.02. The number of alkyl halides is 3. The Morgan fingerprint density at radius 2 is 2.08 bits per heavy atom. The third-order valence-corrected chi connectivity index (χ3v) is 1.42. The predicted molar refractivity (Wildman–Crippen MR) is 43.0 cm³/mol. The van der Waals surface area contributed by atoms with E-state index >= 15 is 0 Å². The van der Waals surface area contributed by atoms with E-state index in [4.69, 9.17) is 0 Å². The molecule has 1 unspecified atom stereocenters. The fourth-order valence-electron chi connectivity index (χ4n) is 1.01. The van der Waals surface area contributed by atoms with Crippen LogP contribution in [0, 0.1) is 0 Å². The molecular weight excluding hydrogens is 167 g/mol. The van der Waals surface area contributed by atoms with E-state index in [1.165, 1.54) is 6.08 Å². The molecule has 0 aliphatic carbocycles. The molecule has 0 aromatic rings. The SMILES string of the molecule is C=CCC(CC(F)(F)F)NCC. The second kappa shape index (κ2) is 5.19. The van der Waals surface area contributed by atoms with E-state index in [1.54, 1.807) is 6.92 Å². The molecule has 0 aliphatic heterocycles. The van der Waals surface area contributed by atoms with Crippen LogP contribution in [0.25, 0.3) is 0 Å². The lowest BCUT2D eigenvalue weighted by Gasteiger charge is -2.17. The summed E-state index contributed by atoms with van der Waals surface area (Å²) < 4.78 is 35.6. The van der Waals surface area contributed by atoms with Crippen LogP contribution in [0.1, 0.15) is 19.8 Å². The van der Waals surface area contributed by atoms with Gasteiger partial charge in [0.05, 0.1) is 6.42 Å². The molecule has 0 aliphatic rings. The normalized spacial score (nSPS) is 14.3. The van der Waals surface area contributed by atoms with Crippen LogP contribution in [0.3, 0.4) is 0 Å². The smallest absolute Gasteiger partial charge is 0.314 e. The van der Waals surface area contributed by atoms with Crippen LogP contribution >= 0.6 is 0 Å². The minimum absolute atomic E-state index is 0.355. The Morgan fingerprint density at radius 1 is 1.50 bits per heavy atom. The van der Waals surface area contributed by atoms with Crippen LogP contribution < -0.4 is 5.32 Å². The third kappa shape index (κ3) is 6.22. The van der Waals surface area contributed by atoms with Crippen molar-refractivity contribution in [1.29, 1.82) is 0 Å². The van der Waals surface area contributed by atoms with Gasteiger partial charge in [0.2, 0.25) is 0 Å². The monoisotopic (exact) mass is 181 g/mol. The summed E-state index contributed by atoms with van der Waals surface area (Å²) in [4.78, 5) is 0. The molecule has 0 spiro atoms. The molecule has 0 heterocycles. The quantitative estimate of drug-likeness (QED) is 0.642. The number of halogens is 3. The molecule has 0 rings (SSSR count). The molecule has 1 nitrogen and oxygen atoms in total. The van der Waals surface area contributed by atoms with E-state index in [0.717, 1.165) is 0 Å². The zero-order valence-corrected chi connectivity index (χ0v) is 7.12. The van der Waals surface area contributed by atoms with Gasteiger partial charge in [-0.15, -0.1) is 6.58 Å². The zero-order chi connectivity index (χ0) is 9.61. The van der Waals surface area contributed by atoms with E-state index in [9.17, 15) is 13.2 Å². The van der Waals surface area contributed by atoms with Gasteiger partial charge in [-0.1, -0.05) is 13.0 Å². The molecule has 0 saturated heterocycles. The molecule has 0 radical (unpaired) electrons.